The molecule has 1 aliphatic rings. The number of nitrogens with two attached hydrogens (primary N) is 1. The van der Waals surface area contributed by atoms with Gasteiger partial charge in [-0.1, -0.05) is 35.9 Å². The van der Waals surface area contributed by atoms with Crippen LogP contribution >= 0.6 is 0 Å². The second-order valence-corrected chi connectivity index (χ2v) is 5.69. The monoisotopic (exact) mass is 283 g/mol. The Labute approximate surface area is 125 Å². The lowest BCUT2D eigenvalue weighted by molar-refractivity contribution is 0.246. The van der Waals surface area contributed by atoms with Gasteiger partial charge in [0, 0.05) is 17.2 Å². The quantitative estimate of drug-likeness (QED) is 0.933. The minimum Gasteiger partial charge on any atom is -0.493 e. The van der Waals surface area contributed by atoms with Crippen LogP contribution in [-0.2, 0) is 0 Å². The summed E-state index contributed by atoms with van der Waals surface area (Å²) in [4.78, 5) is 0. The second-order valence-electron chi connectivity index (χ2n) is 5.69. The fourth-order valence-electron chi connectivity index (χ4n) is 2.71. The number of para-hydroxylation sites is 1. The number of fused-ring (bicyclic) bond motifs is 1. The fourth-order valence-corrected chi connectivity index (χ4v) is 2.71. The Morgan fingerprint density at radius 2 is 2.10 bits per heavy atom. The van der Waals surface area contributed by atoms with Gasteiger partial charge in [0.2, 0.25) is 0 Å². The van der Waals surface area contributed by atoms with Crippen LogP contribution in [-0.4, -0.2) is 13.2 Å². The van der Waals surface area contributed by atoms with Crippen LogP contribution in [0.3, 0.4) is 0 Å². The lowest BCUT2D eigenvalue weighted by Crippen LogP contribution is -2.14. The minimum absolute atomic E-state index is 0.0352. The molecule has 0 amide bonds. The molecule has 0 bridgehead atoms. The first kappa shape index (κ1) is 14.0. The van der Waals surface area contributed by atoms with E-state index in [0.29, 0.717) is 13.2 Å². The molecule has 1 aliphatic heterocycles. The van der Waals surface area contributed by atoms with Gasteiger partial charge < -0.3 is 15.2 Å². The van der Waals surface area contributed by atoms with E-state index in [-0.39, 0.29) is 12.0 Å². The van der Waals surface area contributed by atoms with Crippen molar-refractivity contribution >= 4 is 0 Å². The molecule has 0 saturated heterocycles. The van der Waals surface area contributed by atoms with Crippen LogP contribution < -0.4 is 15.2 Å². The zero-order valence-corrected chi connectivity index (χ0v) is 12.5. The fraction of sp³-hybridized carbons (Fsp3) is 0.333. The summed E-state index contributed by atoms with van der Waals surface area (Å²) in [6.45, 7) is 5.34. The largest absolute Gasteiger partial charge is 0.493 e. The second kappa shape index (κ2) is 5.78. The molecule has 1 unspecified atom stereocenters. The van der Waals surface area contributed by atoms with Crippen molar-refractivity contribution in [1.82, 2.24) is 0 Å². The Morgan fingerprint density at radius 3 is 2.90 bits per heavy atom. The van der Waals surface area contributed by atoms with Crippen molar-refractivity contribution in [3.05, 3.63) is 59.2 Å². The van der Waals surface area contributed by atoms with Crippen LogP contribution in [0, 0.1) is 6.92 Å². The highest BCUT2D eigenvalue weighted by atomic mass is 16.5. The van der Waals surface area contributed by atoms with Crippen molar-refractivity contribution < 1.29 is 9.47 Å². The van der Waals surface area contributed by atoms with Crippen LogP contribution in [0.15, 0.2) is 42.5 Å². The van der Waals surface area contributed by atoms with Crippen molar-refractivity contribution in [2.45, 2.75) is 25.8 Å². The maximum Gasteiger partial charge on any atom is 0.124 e. The molecule has 0 fully saturated rings. The molecule has 0 saturated carbocycles. The first-order valence-corrected chi connectivity index (χ1v) is 7.36. The Kier molecular flexibility index (Phi) is 3.84. The molecule has 0 radical (unpaired) electrons. The molecule has 3 rings (SSSR count). The number of hydrogen-bond donors (Lipinski definition) is 1. The van der Waals surface area contributed by atoms with Gasteiger partial charge >= 0.3 is 0 Å². The van der Waals surface area contributed by atoms with Gasteiger partial charge in [0.15, 0.2) is 0 Å². The van der Waals surface area contributed by atoms with Crippen LogP contribution in [0.25, 0.3) is 0 Å². The predicted octanol–water partition coefficient (Wildman–Crippen LogP) is 3.57. The Hall–Kier alpha value is -2.00. The molecule has 0 aliphatic carbocycles. The third kappa shape index (κ3) is 2.88. The number of benzene rings is 2. The smallest absolute Gasteiger partial charge is 0.124 e. The summed E-state index contributed by atoms with van der Waals surface area (Å²) in [6, 6.07) is 14.3. The van der Waals surface area contributed by atoms with Gasteiger partial charge in [-0.25, -0.2) is 0 Å². The lowest BCUT2D eigenvalue weighted by atomic mass is 10.0. The molecular formula is C18H21NO2. The summed E-state index contributed by atoms with van der Waals surface area (Å²) in [5.74, 6) is 2.13. The molecule has 110 valence electrons. The first-order valence-electron chi connectivity index (χ1n) is 7.36. The van der Waals surface area contributed by atoms with E-state index in [1.807, 2.05) is 31.2 Å². The highest BCUT2D eigenvalue weighted by Crippen LogP contribution is 2.34. The summed E-state index contributed by atoms with van der Waals surface area (Å²) in [7, 11) is 0. The summed E-state index contributed by atoms with van der Waals surface area (Å²) in [5, 5.41) is 0. The maximum atomic E-state index is 6.04. The van der Waals surface area contributed by atoms with Gasteiger partial charge in [-0.05, 0) is 26.0 Å². The minimum atomic E-state index is -0.0352. The summed E-state index contributed by atoms with van der Waals surface area (Å²) in [5.41, 5.74) is 9.52. The molecule has 1 heterocycles. The van der Waals surface area contributed by atoms with Crippen molar-refractivity contribution in [3.63, 3.8) is 0 Å². The SMILES string of the molecule is Cc1ccc(OCC2COc3ccccc32)c([C@H](C)N)c1. The van der Waals surface area contributed by atoms with Crippen molar-refractivity contribution in [2.75, 3.05) is 13.2 Å². The van der Waals surface area contributed by atoms with E-state index in [1.54, 1.807) is 0 Å². The first-order chi connectivity index (χ1) is 10.1. The molecule has 0 aromatic heterocycles. The maximum absolute atomic E-state index is 6.04. The Morgan fingerprint density at radius 1 is 1.29 bits per heavy atom. The van der Waals surface area contributed by atoms with Gasteiger partial charge in [0.25, 0.3) is 0 Å². The molecule has 2 aromatic rings. The van der Waals surface area contributed by atoms with Crippen LogP contribution in [0.1, 0.15) is 35.6 Å². The summed E-state index contributed by atoms with van der Waals surface area (Å²) >= 11 is 0. The van der Waals surface area contributed by atoms with Crippen molar-refractivity contribution in [1.29, 1.82) is 0 Å². The van der Waals surface area contributed by atoms with Gasteiger partial charge in [-0.15, -0.1) is 0 Å². The molecule has 0 spiro atoms. The molecule has 21 heavy (non-hydrogen) atoms. The Balaban J connectivity index is 1.75. The van der Waals surface area contributed by atoms with Crippen molar-refractivity contribution in [2.24, 2.45) is 5.73 Å². The third-order valence-electron chi connectivity index (χ3n) is 3.89. The van der Waals surface area contributed by atoms with Crippen LogP contribution in [0.2, 0.25) is 0 Å². The highest BCUT2D eigenvalue weighted by Gasteiger charge is 2.24. The van der Waals surface area contributed by atoms with Gasteiger partial charge in [0.05, 0.1) is 19.1 Å². The van der Waals surface area contributed by atoms with Crippen LogP contribution in [0.5, 0.6) is 11.5 Å². The van der Waals surface area contributed by atoms with Gasteiger partial charge in [-0.3, -0.25) is 0 Å². The highest BCUT2D eigenvalue weighted by molar-refractivity contribution is 5.41. The Bertz CT molecular complexity index is 637. The molecule has 2 atom stereocenters. The number of ether oxygens (including phenoxy) is 2. The van der Waals surface area contributed by atoms with E-state index in [0.717, 1.165) is 17.1 Å². The summed E-state index contributed by atoms with van der Waals surface area (Å²) < 4.78 is 11.7. The number of aryl methyl sites for hydroxylation is 1. The predicted molar refractivity (Wildman–Crippen MR) is 84.0 cm³/mol. The van der Waals surface area contributed by atoms with E-state index in [2.05, 4.69) is 25.1 Å². The lowest BCUT2D eigenvalue weighted by Gasteiger charge is -2.17. The average molecular weight is 283 g/mol. The normalized spacial score (nSPS) is 18.0. The average Bonchev–Trinajstić information content (AvgIpc) is 2.89. The van der Waals surface area contributed by atoms with Gasteiger partial charge in [0.1, 0.15) is 11.5 Å². The van der Waals surface area contributed by atoms with Crippen LogP contribution in [0.4, 0.5) is 0 Å². The number of hydrogen-bond acceptors (Lipinski definition) is 3. The van der Waals surface area contributed by atoms with Gasteiger partial charge in [-0.2, -0.15) is 0 Å². The molecule has 2 aromatic carbocycles. The van der Waals surface area contributed by atoms with E-state index in [4.69, 9.17) is 15.2 Å². The zero-order chi connectivity index (χ0) is 14.8. The standard InChI is InChI=1S/C18H21NO2/c1-12-7-8-18(16(9-12)13(2)19)21-11-14-10-20-17-6-4-3-5-15(14)17/h3-9,13-14H,10-11,19H2,1-2H3/t13-,14?/m0/s1. The molecule has 3 nitrogen and oxygen atoms in total. The van der Waals surface area contributed by atoms with E-state index < -0.39 is 0 Å². The molecule has 3 heteroatoms. The third-order valence-corrected chi connectivity index (χ3v) is 3.89. The summed E-state index contributed by atoms with van der Waals surface area (Å²) in [6.07, 6.45) is 0. The van der Waals surface area contributed by atoms with E-state index >= 15 is 0 Å². The molecular weight excluding hydrogens is 262 g/mol. The zero-order valence-electron chi connectivity index (χ0n) is 12.5. The number of rotatable bonds is 4. The molecule has 2 N–H and O–H groups in total. The topological polar surface area (TPSA) is 44.5 Å². The van der Waals surface area contributed by atoms with E-state index in [9.17, 15) is 0 Å². The van der Waals surface area contributed by atoms with Crippen molar-refractivity contribution in [3.8, 4) is 11.5 Å². The van der Waals surface area contributed by atoms with E-state index in [1.165, 1.54) is 11.1 Å².